The first-order valence-corrected chi connectivity index (χ1v) is 9.50. The number of carbonyl (C=O) groups is 1. The van der Waals surface area contributed by atoms with Gasteiger partial charge in [0.2, 0.25) is 10.0 Å². The van der Waals surface area contributed by atoms with Crippen LogP contribution in [0.15, 0.2) is 48.8 Å². The number of hydrogen-bond donors (Lipinski definition) is 2. The molecule has 120 valence electrons. The molecule has 0 fully saturated rings. The monoisotopic (exact) mass is 415 g/mol. The van der Waals surface area contributed by atoms with Crippen LogP contribution < -0.4 is 4.72 Å². The second-order valence-electron chi connectivity index (χ2n) is 4.68. The van der Waals surface area contributed by atoms with E-state index in [1.165, 1.54) is 5.38 Å². The third-order valence-electron chi connectivity index (χ3n) is 3.05. The third kappa shape index (κ3) is 3.47. The fraction of sp³-hybridized carbons (Fsp3) is 0.0714. The van der Waals surface area contributed by atoms with Crippen LogP contribution in [0.4, 0.5) is 0 Å². The lowest BCUT2D eigenvalue weighted by atomic mass is 10.2. The van der Waals surface area contributed by atoms with Gasteiger partial charge in [-0.3, -0.25) is 0 Å². The number of aromatic carboxylic acids is 1. The normalized spacial score (nSPS) is 11.9. The molecule has 0 aliphatic carbocycles. The first kappa shape index (κ1) is 16.2. The summed E-state index contributed by atoms with van der Waals surface area (Å²) in [7, 11) is -3.78. The molecule has 9 heteroatoms. The van der Waals surface area contributed by atoms with Gasteiger partial charge < -0.3 is 9.52 Å². The van der Waals surface area contributed by atoms with Gasteiger partial charge in [-0.15, -0.1) is 11.3 Å². The molecule has 0 amide bonds. The summed E-state index contributed by atoms with van der Waals surface area (Å²) in [6.45, 7) is -0.0189. The van der Waals surface area contributed by atoms with Gasteiger partial charge >= 0.3 is 5.97 Å². The summed E-state index contributed by atoms with van der Waals surface area (Å²) in [5.74, 6) is -0.692. The van der Waals surface area contributed by atoms with E-state index in [1.807, 2.05) is 12.1 Å². The Hall–Kier alpha value is -1.68. The summed E-state index contributed by atoms with van der Waals surface area (Å²) in [5.41, 5.74) is 0.607. The molecule has 6 nitrogen and oxygen atoms in total. The second kappa shape index (κ2) is 6.08. The highest BCUT2D eigenvalue weighted by molar-refractivity contribution is 9.10. The molecule has 2 aromatic heterocycles. The maximum absolute atomic E-state index is 12.2. The molecular formula is C14H10BrNO5S2. The lowest BCUT2D eigenvalue weighted by Crippen LogP contribution is -2.22. The predicted molar refractivity (Wildman–Crippen MR) is 89.2 cm³/mol. The van der Waals surface area contributed by atoms with Crippen LogP contribution in [-0.4, -0.2) is 19.5 Å². The number of carboxylic acids is 1. The number of thiophene rings is 1. The van der Waals surface area contributed by atoms with Crippen LogP contribution in [0, 0.1) is 0 Å². The average molecular weight is 416 g/mol. The number of hydrogen-bond acceptors (Lipinski definition) is 5. The number of carboxylic acid groups (broad SMARTS) is 1. The molecule has 0 bridgehead atoms. The molecule has 0 aliphatic rings. The predicted octanol–water partition coefficient (Wildman–Crippen LogP) is 3.43. The Morgan fingerprint density at radius 2 is 2.09 bits per heavy atom. The Kier molecular flexibility index (Phi) is 4.28. The number of sulfonamides is 1. The van der Waals surface area contributed by atoms with Crippen molar-refractivity contribution in [1.82, 2.24) is 4.72 Å². The Labute approximate surface area is 143 Å². The highest BCUT2D eigenvalue weighted by atomic mass is 79.9. The Morgan fingerprint density at radius 1 is 1.30 bits per heavy atom. The largest absolute Gasteiger partial charge is 0.478 e. The van der Waals surface area contributed by atoms with Crippen molar-refractivity contribution < 1.29 is 22.7 Å². The number of halogens is 1. The summed E-state index contributed by atoms with van der Waals surface area (Å²) in [4.78, 5) is 10.8. The Bertz CT molecular complexity index is 990. The van der Waals surface area contributed by atoms with Crippen LogP contribution in [0.3, 0.4) is 0 Å². The molecule has 2 heterocycles. The van der Waals surface area contributed by atoms with Gasteiger partial charge in [0.05, 0.1) is 12.1 Å². The number of nitrogens with one attached hydrogen (secondary N) is 1. The number of benzene rings is 1. The van der Waals surface area contributed by atoms with Crippen LogP contribution in [-0.2, 0) is 16.6 Å². The van der Waals surface area contributed by atoms with Crippen LogP contribution in [0.25, 0.3) is 11.0 Å². The van der Waals surface area contributed by atoms with E-state index in [9.17, 15) is 13.2 Å². The zero-order chi connectivity index (χ0) is 16.6. The van der Waals surface area contributed by atoms with Crippen molar-refractivity contribution in [3.63, 3.8) is 0 Å². The van der Waals surface area contributed by atoms with E-state index in [2.05, 4.69) is 20.7 Å². The van der Waals surface area contributed by atoms with E-state index >= 15 is 0 Å². The quantitative estimate of drug-likeness (QED) is 0.664. The van der Waals surface area contributed by atoms with Crippen molar-refractivity contribution in [2.75, 3.05) is 0 Å². The molecule has 0 atom stereocenters. The maximum Gasteiger partial charge on any atom is 0.336 e. The minimum absolute atomic E-state index is 0.0189. The fourth-order valence-corrected chi connectivity index (χ4v) is 4.53. The lowest BCUT2D eigenvalue weighted by Gasteiger charge is -2.02. The summed E-state index contributed by atoms with van der Waals surface area (Å²) >= 11 is 4.22. The molecule has 3 rings (SSSR count). The van der Waals surface area contributed by atoms with Crippen LogP contribution in [0.5, 0.6) is 0 Å². The first-order valence-electron chi connectivity index (χ1n) is 6.34. The number of rotatable bonds is 5. The van der Waals surface area contributed by atoms with Crippen LogP contribution in [0.1, 0.15) is 16.1 Å². The van der Waals surface area contributed by atoms with Gasteiger partial charge in [-0.25, -0.2) is 17.9 Å². The molecule has 0 radical (unpaired) electrons. The molecular weight excluding hydrogens is 406 g/mol. The molecule has 0 saturated carbocycles. The summed E-state index contributed by atoms with van der Waals surface area (Å²) in [6, 6.07) is 8.37. The molecule has 0 aliphatic heterocycles. The van der Waals surface area contributed by atoms with Gasteiger partial charge in [0, 0.05) is 15.2 Å². The van der Waals surface area contributed by atoms with Crippen molar-refractivity contribution in [3.05, 3.63) is 51.5 Å². The van der Waals surface area contributed by atoms with Crippen molar-refractivity contribution in [1.29, 1.82) is 0 Å². The van der Waals surface area contributed by atoms with E-state index in [4.69, 9.17) is 9.52 Å². The molecule has 23 heavy (non-hydrogen) atoms. The van der Waals surface area contributed by atoms with Crippen molar-refractivity contribution in [3.8, 4) is 0 Å². The summed E-state index contributed by atoms with van der Waals surface area (Å²) in [5, 5.41) is 11.0. The van der Waals surface area contributed by atoms with E-state index in [0.717, 1.165) is 27.3 Å². The minimum Gasteiger partial charge on any atom is -0.478 e. The zero-order valence-corrected chi connectivity index (χ0v) is 14.7. The van der Waals surface area contributed by atoms with E-state index < -0.39 is 16.0 Å². The lowest BCUT2D eigenvalue weighted by molar-refractivity contribution is 0.0697. The van der Waals surface area contributed by atoms with E-state index in [1.54, 1.807) is 12.1 Å². The average Bonchev–Trinajstić information content (AvgIpc) is 3.11. The molecule has 3 aromatic rings. The van der Waals surface area contributed by atoms with Crippen LogP contribution in [0.2, 0.25) is 0 Å². The second-order valence-corrected chi connectivity index (χ2v) is 8.50. The Balaban J connectivity index is 1.78. The highest BCUT2D eigenvalue weighted by Gasteiger charge is 2.19. The standard InChI is InChI=1S/C14H10BrNO5S2/c15-10-1-2-12-8(3-10)4-11(21-12)6-16-23(19,20)13-5-9(7-22-13)14(17)18/h1-5,7,16H,6H2,(H,17,18). The van der Waals surface area contributed by atoms with Gasteiger partial charge in [-0.2, -0.15) is 0 Å². The van der Waals surface area contributed by atoms with Gasteiger partial charge in [-0.1, -0.05) is 15.9 Å². The topological polar surface area (TPSA) is 96.6 Å². The molecule has 0 saturated heterocycles. The van der Waals surface area contributed by atoms with Gasteiger partial charge in [0.25, 0.3) is 0 Å². The zero-order valence-electron chi connectivity index (χ0n) is 11.4. The maximum atomic E-state index is 12.2. The Morgan fingerprint density at radius 3 is 2.78 bits per heavy atom. The molecule has 0 spiro atoms. The van der Waals surface area contributed by atoms with Crippen LogP contribution >= 0.6 is 27.3 Å². The van der Waals surface area contributed by atoms with Crippen molar-refractivity contribution in [2.24, 2.45) is 0 Å². The summed E-state index contributed by atoms with van der Waals surface area (Å²) < 4.78 is 33.2. The first-order chi connectivity index (χ1) is 10.8. The fourth-order valence-electron chi connectivity index (χ4n) is 1.96. The molecule has 2 N–H and O–H groups in total. The minimum atomic E-state index is -3.78. The summed E-state index contributed by atoms with van der Waals surface area (Å²) in [6.07, 6.45) is 0. The van der Waals surface area contributed by atoms with Gasteiger partial charge in [-0.05, 0) is 30.3 Å². The van der Waals surface area contributed by atoms with E-state index in [0.29, 0.717) is 11.3 Å². The SMILES string of the molecule is O=C(O)c1csc(S(=O)(=O)NCc2cc3cc(Br)ccc3o2)c1. The van der Waals surface area contributed by atoms with E-state index in [-0.39, 0.29) is 16.3 Å². The highest BCUT2D eigenvalue weighted by Crippen LogP contribution is 2.24. The number of furan rings is 1. The number of fused-ring (bicyclic) bond motifs is 1. The molecule has 1 aromatic carbocycles. The van der Waals surface area contributed by atoms with Crippen molar-refractivity contribution in [2.45, 2.75) is 10.8 Å². The molecule has 0 unspecified atom stereocenters. The van der Waals surface area contributed by atoms with Gasteiger partial charge in [0.1, 0.15) is 15.6 Å². The van der Waals surface area contributed by atoms with Crippen molar-refractivity contribution >= 4 is 54.2 Å². The smallest absolute Gasteiger partial charge is 0.336 e. The van der Waals surface area contributed by atoms with Gasteiger partial charge in [0.15, 0.2) is 0 Å². The third-order valence-corrected chi connectivity index (χ3v) is 6.39.